The first kappa shape index (κ1) is 21.6. The Labute approximate surface area is 194 Å². The van der Waals surface area contributed by atoms with Crippen LogP contribution in [-0.2, 0) is 16.2 Å². The van der Waals surface area contributed by atoms with Crippen molar-refractivity contribution in [1.29, 1.82) is 0 Å². The number of anilines is 1. The fourth-order valence-electron chi connectivity index (χ4n) is 3.18. The van der Waals surface area contributed by atoms with Crippen LogP contribution >= 0.6 is 23.2 Å². The number of nitrogens with one attached hydrogen (secondary N) is 1. The topological polar surface area (TPSA) is 75.7 Å². The van der Waals surface area contributed by atoms with Gasteiger partial charge < -0.3 is 4.74 Å². The van der Waals surface area contributed by atoms with Gasteiger partial charge in [0.2, 0.25) is 0 Å². The lowest BCUT2D eigenvalue weighted by molar-refractivity contribution is -0.122. The van der Waals surface area contributed by atoms with E-state index < -0.39 is 17.8 Å². The van der Waals surface area contributed by atoms with Gasteiger partial charge >= 0.3 is 6.03 Å². The van der Waals surface area contributed by atoms with E-state index in [0.29, 0.717) is 16.3 Å². The van der Waals surface area contributed by atoms with Gasteiger partial charge in [0.25, 0.3) is 11.8 Å². The third kappa shape index (κ3) is 4.51. The number of rotatable bonds is 5. The molecule has 0 saturated carbocycles. The van der Waals surface area contributed by atoms with Gasteiger partial charge in [-0.1, -0.05) is 65.7 Å². The van der Waals surface area contributed by atoms with Crippen LogP contribution in [0.2, 0.25) is 10.0 Å². The van der Waals surface area contributed by atoms with Gasteiger partial charge in [-0.15, -0.1) is 0 Å². The minimum absolute atomic E-state index is 0.181. The van der Waals surface area contributed by atoms with Gasteiger partial charge in [0.15, 0.2) is 0 Å². The number of hydrogen-bond donors (Lipinski definition) is 1. The summed E-state index contributed by atoms with van der Waals surface area (Å²) in [6.45, 7) is 0.241. The van der Waals surface area contributed by atoms with E-state index in [9.17, 15) is 14.4 Å². The van der Waals surface area contributed by atoms with Crippen LogP contribution in [0.3, 0.4) is 0 Å². The lowest BCUT2D eigenvalue weighted by Gasteiger charge is -2.27. The summed E-state index contributed by atoms with van der Waals surface area (Å²) in [6.07, 6.45) is 1.39. The van der Waals surface area contributed by atoms with Crippen molar-refractivity contribution in [3.8, 4) is 5.75 Å². The van der Waals surface area contributed by atoms with Crippen LogP contribution in [0.5, 0.6) is 5.75 Å². The van der Waals surface area contributed by atoms with Crippen molar-refractivity contribution in [2.45, 2.75) is 6.61 Å². The van der Waals surface area contributed by atoms with Gasteiger partial charge in [0.1, 0.15) is 17.9 Å². The molecule has 1 aliphatic heterocycles. The average molecular weight is 467 g/mol. The van der Waals surface area contributed by atoms with E-state index in [4.69, 9.17) is 27.9 Å². The second-order valence-electron chi connectivity index (χ2n) is 6.87. The number of carbonyl (C=O) groups is 3. The quantitative estimate of drug-likeness (QED) is 0.412. The molecule has 0 unspecified atom stereocenters. The van der Waals surface area contributed by atoms with Crippen molar-refractivity contribution in [3.63, 3.8) is 0 Å². The van der Waals surface area contributed by atoms with E-state index in [1.165, 1.54) is 12.1 Å². The summed E-state index contributed by atoms with van der Waals surface area (Å²) in [5.41, 5.74) is 1.33. The molecule has 8 heteroatoms. The molecule has 1 saturated heterocycles. The maximum absolute atomic E-state index is 13.1. The van der Waals surface area contributed by atoms with Crippen LogP contribution in [0.15, 0.2) is 78.4 Å². The predicted octanol–water partition coefficient (Wildman–Crippen LogP) is 5.24. The third-order valence-corrected chi connectivity index (χ3v) is 5.25. The maximum Gasteiger partial charge on any atom is 0.335 e. The van der Waals surface area contributed by atoms with E-state index in [2.05, 4.69) is 5.32 Å². The van der Waals surface area contributed by atoms with Crippen LogP contribution in [-0.4, -0.2) is 17.8 Å². The molecule has 0 spiro atoms. The van der Waals surface area contributed by atoms with Crippen molar-refractivity contribution >= 4 is 52.8 Å². The monoisotopic (exact) mass is 466 g/mol. The maximum atomic E-state index is 13.1. The molecule has 0 atom stereocenters. The molecule has 0 aromatic heterocycles. The number of amides is 4. The number of halogens is 2. The zero-order valence-electron chi connectivity index (χ0n) is 16.5. The SMILES string of the molecule is O=C1NC(=O)N(c2ccccc2Cl)C(=O)/C1=C/c1ccccc1OCc1cccc(Cl)c1. The number of nitrogens with zero attached hydrogens (tertiary/aromatic N) is 1. The molecule has 0 bridgehead atoms. The summed E-state index contributed by atoms with van der Waals surface area (Å²) in [7, 11) is 0. The summed E-state index contributed by atoms with van der Waals surface area (Å²) >= 11 is 12.2. The Morgan fingerprint density at radius 2 is 1.66 bits per heavy atom. The number of benzene rings is 3. The number of para-hydroxylation sites is 2. The summed E-state index contributed by atoms with van der Waals surface area (Å²) in [5.74, 6) is -1.12. The molecule has 1 aliphatic rings. The number of imide groups is 2. The highest BCUT2D eigenvalue weighted by atomic mass is 35.5. The minimum Gasteiger partial charge on any atom is -0.488 e. The average Bonchev–Trinajstić information content (AvgIpc) is 2.77. The molecular weight excluding hydrogens is 451 g/mol. The first-order chi connectivity index (χ1) is 15.4. The van der Waals surface area contributed by atoms with Crippen molar-refractivity contribution in [2.75, 3.05) is 4.90 Å². The molecule has 1 N–H and O–H groups in total. The van der Waals surface area contributed by atoms with E-state index >= 15 is 0 Å². The molecule has 1 fully saturated rings. The van der Waals surface area contributed by atoms with Gasteiger partial charge in [-0.3, -0.25) is 14.9 Å². The van der Waals surface area contributed by atoms with Gasteiger partial charge in [0.05, 0.1) is 10.7 Å². The molecule has 3 aromatic carbocycles. The number of urea groups is 1. The van der Waals surface area contributed by atoms with Crippen LogP contribution in [0.25, 0.3) is 6.08 Å². The summed E-state index contributed by atoms with van der Waals surface area (Å²) < 4.78 is 5.89. The Kier molecular flexibility index (Phi) is 6.25. The van der Waals surface area contributed by atoms with E-state index in [0.717, 1.165) is 10.5 Å². The molecule has 0 radical (unpaired) electrons. The zero-order valence-corrected chi connectivity index (χ0v) is 18.1. The van der Waals surface area contributed by atoms with Gasteiger partial charge in [-0.05, 0) is 42.0 Å². The highest BCUT2D eigenvalue weighted by molar-refractivity contribution is 6.42. The van der Waals surface area contributed by atoms with Gasteiger partial charge in [-0.2, -0.15) is 0 Å². The minimum atomic E-state index is -0.865. The lowest BCUT2D eigenvalue weighted by Crippen LogP contribution is -2.54. The van der Waals surface area contributed by atoms with Crippen molar-refractivity contribution < 1.29 is 19.1 Å². The Bertz CT molecular complexity index is 1260. The lowest BCUT2D eigenvalue weighted by atomic mass is 10.1. The fraction of sp³-hybridized carbons (Fsp3) is 0.0417. The molecule has 4 amide bonds. The van der Waals surface area contributed by atoms with Crippen LogP contribution in [0.4, 0.5) is 10.5 Å². The van der Waals surface area contributed by atoms with Gasteiger partial charge in [-0.25, -0.2) is 9.69 Å². The van der Waals surface area contributed by atoms with Crippen molar-refractivity contribution in [3.05, 3.63) is 99.5 Å². The predicted molar refractivity (Wildman–Crippen MR) is 123 cm³/mol. The highest BCUT2D eigenvalue weighted by Gasteiger charge is 2.37. The number of ether oxygens (including phenoxy) is 1. The molecule has 160 valence electrons. The van der Waals surface area contributed by atoms with Crippen molar-refractivity contribution in [1.82, 2.24) is 5.32 Å². The number of barbiturate groups is 1. The summed E-state index contributed by atoms with van der Waals surface area (Å²) in [4.78, 5) is 38.8. The molecular formula is C24H16Cl2N2O4. The second kappa shape index (κ2) is 9.26. The van der Waals surface area contributed by atoms with Crippen molar-refractivity contribution in [2.24, 2.45) is 0 Å². The van der Waals surface area contributed by atoms with Gasteiger partial charge in [0, 0.05) is 10.6 Å². The number of carbonyl (C=O) groups excluding carboxylic acids is 3. The zero-order chi connectivity index (χ0) is 22.7. The third-order valence-electron chi connectivity index (χ3n) is 4.70. The largest absolute Gasteiger partial charge is 0.488 e. The summed E-state index contributed by atoms with van der Waals surface area (Å²) in [6, 6.07) is 19.7. The normalized spacial score (nSPS) is 15.1. The second-order valence-corrected chi connectivity index (χ2v) is 7.71. The first-order valence-corrected chi connectivity index (χ1v) is 10.3. The molecule has 4 rings (SSSR count). The standard InChI is InChI=1S/C24H16Cl2N2O4/c25-17-8-5-6-15(12-17)14-32-21-11-4-1-7-16(21)13-18-22(29)27-24(31)28(23(18)30)20-10-3-2-9-19(20)26/h1-13H,14H2,(H,27,29,31)/b18-13+. The Morgan fingerprint density at radius 1 is 0.906 bits per heavy atom. The highest BCUT2D eigenvalue weighted by Crippen LogP contribution is 2.30. The van der Waals surface area contributed by atoms with E-state index in [1.54, 1.807) is 54.6 Å². The van der Waals surface area contributed by atoms with Crippen LogP contribution < -0.4 is 15.0 Å². The molecule has 3 aromatic rings. The summed E-state index contributed by atoms with van der Waals surface area (Å²) in [5, 5.41) is 2.98. The molecule has 32 heavy (non-hydrogen) atoms. The Hall–Kier alpha value is -3.61. The Morgan fingerprint density at radius 3 is 2.44 bits per heavy atom. The first-order valence-electron chi connectivity index (χ1n) is 9.56. The van der Waals surface area contributed by atoms with Crippen LogP contribution in [0, 0.1) is 0 Å². The van der Waals surface area contributed by atoms with E-state index in [-0.39, 0.29) is 22.9 Å². The molecule has 0 aliphatic carbocycles. The molecule has 1 heterocycles. The smallest absolute Gasteiger partial charge is 0.335 e. The molecule has 6 nitrogen and oxygen atoms in total. The van der Waals surface area contributed by atoms with E-state index in [1.807, 2.05) is 12.1 Å². The Balaban J connectivity index is 1.65. The van der Waals surface area contributed by atoms with Crippen LogP contribution in [0.1, 0.15) is 11.1 Å². The number of hydrogen-bond acceptors (Lipinski definition) is 4. The fourth-order valence-corrected chi connectivity index (χ4v) is 3.62.